The first-order valence-electron chi connectivity index (χ1n) is 5.62. The lowest BCUT2D eigenvalue weighted by atomic mass is 10.1. The van der Waals surface area contributed by atoms with Crippen molar-refractivity contribution in [1.29, 1.82) is 0 Å². The number of carbonyl (C=O) groups is 1. The number of amides is 1. The Morgan fingerprint density at radius 2 is 2.00 bits per heavy atom. The molecule has 3 heteroatoms. The summed E-state index contributed by atoms with van der Waals surface area (Å²) in [5, 5.41) is 0. The first-order chi connectivity index (χ1) is 7.62. The van der Waals surface area contributed by atoms with Gasteiger partial charge < -0.3 is 4.90 Å². The van der Waals surface area contributed by atoms with Gasteiger partial charge in [-0.15, -0.1) is 0 Å². The number of benzene rings is 1. The molecule has 1 aromatic rings. The van der Waals surface area contributed by atoms with Crippen LogP contribution in [0.2, 0.25) is 0 Å². The average molecular weight is 219 g/mol. The van der Waals surface area contributed by atoms with Crippen molar-refractivity contribution in [3.63, 3.8) is 0 Å². The molecule has 0 N–H and O–H groups in total. The highest BCUT2D eigenvalue weighted by Crippen LogP contribution is 2.75. The Hall–Kier alpha value is -1.38. The van der Waals surface area contributed by atoms with Gasteiger partial charge in [-0.2, -0.15) is 0 Å². The summed E-state index contributed by atoms with van der Waals surface area (Å²) < 4.78 is 12.7. The molecule has 0 atom stereocenters. The number of nitrogens with zero attached hydrogens (tertiary/aromatic N) is 1. The van der Waals surface area contributed by atoms with Crippen molar-refractivity contribution in [2.24, 2.45) is 11.3 Å². The quantitative estimate of drug-likeness (QED) is 0.763. The van der Waals surface area contributed by atoms with Gasteiger partial charge in [-0.1, -0.05) is 12.1 Å². The lowest BCUT2D eigenvalue weighted by Gasteiger charge is -2.19. The second-order valence-electron chi connectivity index (χ2n) is 5.05. The third-order valence-corrected chi connectivity index (χ3v) is 3.79. The average Bonchev–Trinajstić information content (AvgIpc) is 3.08. The van der Waals surface area contributed by atoms with E-state index in [0.29, 0.717) is 12.5 Å². The molecule has 0 spiro atoms. The summed E-state index contributed by atoms with van der Waals surface area (Å²) >= 11 is 0. The minimum atomic E-state index is -0.235. The molecule has 1 amide bonds. The third kappa shape index (κ3) is 1.42. The van der Waals surface area contributed by atoms with Crippen LogP contribution in [0.25, 0.3) is 0 Å². The van der Waals surface area contributed by atoms with E-state index < -0.39 is 0 Å². The summed E-state index contributed by atoms with van der Waals surface area (Å²) in [7, 11) is 1.83. The van der Waals surface area contributed by atoms with Crippen molar-refractivity contribution < 1.29 is 9.18 Å². The van der Waals surface area contributed by atoms with Gasteiger partial charge in [0.1, 0.15) is 5.82 Å². The van der Waals surface area contributed by atoms with E-state index >= 15 is 0 Å². The van der Waals surface area contributed by atoms with E-state index in [1.54, 1.807) is 17.0 Å². The van der Waals surface area contributed by atoms with Gasteiger partial charge in [-0.25, -0.2) is 4.39 Å². The summed E-state index contributed by atoms with van der Waals surface area (Å²) in [5.41, 5.74) is 1.01. The fourth-order valence-electron chi connectivity index (χ4n) is 2.37. The Labute approximate surface area is 94.1 Å². The normalized spacial score (nSPS) is 29.5. The van der Waals surface area contributed by atoms with E-state index in [1.807, 2.05) is 7.05 Å². The Morgan fingerprint density at radius 1 is 1.44 bits per heavy atom. The molecule has 0 bridgehead atoms. The van der Waals surface area contributed by atoms with Gasteiger partial charge in [0, 0.05) is 13.6 Å². The van der Waals surface area contributed by atoms with Crippen molar-refractivity contribution in [3.8, 4) is 0 Å². The molecule has 2 saturated carbocycles. The molecular weight excluding hydrogens is 205 g/mol. The highest BCUT2D eigenvalue weighted by molar-refractivity contribution is 5.89. The summed E-state index contributed by atoms with van der Waals surface area (Å²) in [4.78, 5) is 13.8. The van der Waals surface area contributed by atoms with Crippen LogP contribution in [0.1, 0.15) is 18.4 Å². The second-order valence-corrected chi connectivity index (χ2v) is 5.05. The maximum atomic E-state index is 12.7. The first-order valence-corrected chi connectivity index (χ1v) is 5.62. The lowest BCUT2D eigenvalue weighted by Crippen LogP contribution is -2.30. The van der Waals surface area contributed by atoms with E-state index in [-0.39, 0.29) is 17.1 Å². The third-order valence-electron chi connectivity index (χ3n) is 3.79. The minimum Gasteiger partial charge on any atom is -0.341 e. The zero-order chi connectivity index (χ0) is 11.3. The molecule has 2 aliphatic rings. The predicted molar refractivity (Wildman–Crippen MR) is 58.0 cm³/mol. The first kappa shape index (κ1) is 9.82. The number of hydrogen-bond acceptors (Lipinski definition) is 1. The molecule has 2 aliphatic carbocycles. The highest BCUT2D eigenvalue weighted by atomic mass is 19.1. The van der Waals surface area contributed by atoms with Crippen molar-refractivity contribution >= 4 is 5.91 Å². The molecule has 16 heavy (non-hydrogen) atoms. The van der Waals surface area contributed by atoms with Crippen molar-refractivity contribution in [2.45, 2.75) is 19.4 Å². The standard InChI is InChI=1S/C13H14FNO/c1-15(12(16)13-6-10(13)7-13)8-9-2-4-11(14)5-3-9/h2-5,10H,6-8H2,1H3. The van der Waals surface area contributed by atoms with Crippen molar-refractivity contribution in [3.05, 3.63) is 35.6 Å². The Bertz CT molecular complexity index is 434. The van der Waals surface area contributed by atoms with E-state index in [0.717, 1.165) is 18.4 Å². The minimum absolute atomic E-state index is 0.0365. The molecule has 0 radical (unpaired) electrons. The molecule has 0 aromatic heterocycles. The van der Waals surface area contributed by atoms with Gasteiger partial charge in [0.15, 0.2) is 0 Å². The fourth-order valence-corrected chi connectivity index (χ4v) is 2.37. The Balaban J connectivity index is 1.65. The maximum absolute atomic E-state index is 12.7. The van der Waals surface area contributed by atoms with Crippen LogP contribution in [-0.2, 0) is 11.3 Å². The fraction of sp³-hybridized carbons (Fsp3) is 0.462. The number of rotatable bonds is 3. The van der Waals surface area contributed by atoms with Crippen LogP contribution in [-0.4, -0.2) is 17.9 Å². The van der Waals surface area contributed by atoms with Gasteiger partial charge in [0.2, 0.25) is 5.91 Å². The van der Waals surface area contributed by atoms with Crippen molar-refractivity contribution in [1.82, 2.24) is 4.90 Å². The maximum Gasteiger partial charge on any atom is 0.229 e. The van der Waals surface area contributed by atoms with Gasteiger partial charge >= 0.3 is 0 Å². The van der Waals surface area contributed by atoms with Gasteiger partial charge in [-0.3, -0.25) is 4.79 Å². The van der Waals surface area contributed by atoms with Crippen LogP contribution < -0.4 is 0 Å². The van der Waals surface area contributed by atoms with Crippen LogP contribution >= 0.6 is 0 Å². The number of halogens is 1. The molecule has 1 aromatic carbocycles. The summed E-state index contributed by atoms with van der Waals surface area (Å²) in [6.07, 6.45) is 2.17. The zero-order valence-corrected chi connectivity index (χ0v) is 9.24. The second kappa shape index (κ2) is 3.06. The van der Waals surface area contributed by atoms with Gasteiger partial charge in [-0.05, 0) is 36.5 Å². The lowest BCUT2D eigenvalue weighted by molar-refractivity contribution is -0.133. The van der Waals surface area contributed by atoms with Crippen molar-refractivity contribution in [2.75, 3.05) is 7.05 Å². The zero-order valence-electron chi connectivity index (χ0n) is 9.24. The van der Waals surface area contributed by atoms with Gasteiger partial charge in [0.05, 0.1) is 5.41 Å². The van der Waals surface area contributed by atoms with Crippen LogP contribution in [0.5, 0.6) is 0 Å². The molecule has 0 aliphatic heterocycles. The Kier molecular flexibility index (Phi) is 1.88. The number of fused-ring (bicyclic) bond motifs is 1. The molecule has 2 fully saturated rings. The molecule has 0 heterocycles. The molecule has 84 valence electrons. The molecule has 0 unspecified atom stereocenters. The summed E-state index contributed by atoms with van der Waals surface area (Å²) in [6.45, 7) is 0.577. The molecule has 2 nitrogen and oxygen atoms in total. The Morgan fingerprint density at radius 3 is 2.50 bits per heavy atom. The smallest absolute Gasteiger partial charge is 0.229 e. The van der Waals surface area contributed by atoms with Crippen LogP contribution in [0.4, 0.5) is 4.39 Å². The van der Waals surface area contributed by atoms with E-state index in [1.165, 1.54) is 12.1 Å². The topological polar surface area (TPSA) is 20.3 Å². The number of hydrogen-bond donors (Lipinski definition) is 0. The monoisotopic (exact) mass is 219 g/mol. The SMILES string of the molecule is CN(Cc1ccc(F)cc1)C(=O)C12CC1C2. The molecule has 0 saturated heterocycles. The molecular formula is C13H14FNO. The van der Waals surface area contributed by atoms with Crippen LogP contribution in [0, 0.1) is 17.2 Å². The van der Waals surface area contributed by atoms with E-state index in [9.17, 15) is 9.18 Å². The van der Waals surface area contributed by atoms with Gasteiger partial charge in [0.25, 0.3) is 0 Å². The largest absolute Gasteiger partial charge is 0.341 e. The number of carbonyl (C=O) groups excluding carboxylic acids is 1. The summed E-state index contributed by atoms with van der Waals surface area (Å²) in [5.74, 6) is 0.707. The van der Waals surface area contributed by atoms with Crippen LogP contribution in [0.3, 0.4) is 0 Å². The summed E-state index contributed by atoms with van der Waals surface area (Å²) in [6, 6.07) is 6.33. The van der Waals surface area contributed by atoms with E-state index in [2.05, 4.69) is 0 Å². The van der Waals surface area contributed by atoms with E-state index in [4.69, 9.17) is 0 Å². The molecule has 3 rings (SSSR count). The predicted octanol–water partition coefficient (Wildman–Crippen LogP) is 2.19. The van der Waals surface area contributed by atoms with Crippen LogP contribution in [0.15, 0.2) is 24.3 Å². The highest BCUT2D eigenvalue weighted by Gasteiger charge is 2.75.